The molecule has 0 spiro atoms. The summed E-state index contributed by atoms with van der Waals surface area (Å²) in [5.41, 5.74) is 7.84. The Labute approximate surface area is 153 Å². The third kappa shape index (κ3) is 4.78. The first-order chi connectivity index (χ1) is 11.5. The van der Waals surface area contributed by atoms with E-state index in [1.54, 1.807) is 12.1 Å². The lowest BCUT2D eigenvalue weighted by Gasteiger charge is -2.14. The molecule has 7 heteroatoms. The number of nitrogens with one attached hydrogen (secondary N) is 1. The van der Waals surface area contributed by atoms with Gasteiger partial charge in [0.05, 0.1) is 26.9 Å². The molecule has 1 amide bonds. The zero-order valence-electron chi connectivity index (χ0n) is 14.7. The van der Waals surface area contributed by atoms with E-state index in [1.807, 2.05) is 31.2 Å². The number of rotatable bonds is 6. The molecule has 3 N–H and O–H groups in total. The van der Waals surface area contributed by atoms with Crippen molar-refractivity contribution in [2.24, 2.45) is 5.73 Å². The van der Waals surface area contributed by atoms with Gasteiger partial charge in [0.25, 0.3) is 5.91 Å². The molecular weight excluding hydrogens is 344 g/mol. The number of halogens is 1. The minimum Gasteiger partial charge on any atom is -0.496 e. The predicted octanol–water partition coefficient (Wildman–Crippen LogP) is 3.41. The van der Waals surface area contributed by atoms with Gasteiger partial charge in [-0.2, -0.15) is 0 Å². The summed E-state index contributed by atoms with van der Waals surface area (Å²) in [6, 6.07) is 10.5. The molecule has 0 heterocycles. The summed E-state index contributed by atoms with van der Waals surface area (Å²) in [6.07, 6.45) is 0. The highest BCUT2D eigenvalue weighted by Gasteiger charge is 2.18. The number of hydrogen-bond donors (Lipinski definition) is 2. The highest BCUT2D eigenvalue weighted by Crippen LogP contribution is 2.35. The van der Waals surface area contributed by atoms with Gasteiger partial charge in [-0.3, -0.25) is 4.79 Å². The molecule has 0 aliphatic heterocycles. The summed E-state index contributed by atoms with van der Waals surface area (Å²) in [5.74, 6) is 1.04. The first-order valence-electron chi connectivity index (χ1n) is 7.47. The van der Waals surface area contributed by atoms with Gasteiger partial charge in [-0.1, -0.05) is 12.1 Å². The lowest BCUT2D eigenvalue weighted by molar-refractivity contribution is 0.102. The Balaban J connectivity index is 0.00000312. The molecule has 0 saturated heterocycles. The monoisotopic (exact) mass is 366 g/mol. The van der Waals surface area contributed by atoms with Crippen molar-refractivity contribution in [3.05, 3.63) is 47.5 Å². The summed E-state index contributed by atoms with van der Waals surface area (Å²) >= 11 is 0. The number of hydrogen-bond acceptors (Lipinski definition) is 5. The van der Waals surface area contributed by atoms with Crippen LogP contribution < -0.4 is 25.3 Å². The van der Waals surface area contributed by atoms with E-state index in [1.165, 1.54) is 21.3 Å². The van der Waals surface area contributed by atoms with E-state index in [-0.39, 0.29) is 24.4 Å². The van der Waals surface area contributed by atoms with Gasteiger partial charge in [0, 0.05) is 23.9 Å². The largest absolute Gasteiger partial charge is 0.496 e. The van der Waals surface area contributed by atoms with Crippen LogP contribution in [0.5, 0.6) is 17.2 Å². The van der Waals surface area contributed by atoms with Crippen LogP contribution in [-0.4, -0.2) is 27.2 Å². The number of carbonyl (C=O) groups excluding carboxylic acids is 1. The molecule has 1 atom stereocenters. The van der Waals surface area contributed by atoms with Crippen molar-refractivity contribution in [3.63, 3.8) is 0 Å². The predicted molar refractivity (Wildman–Crippen MR) is 100 cm³/mol. The van der Waals surface area contributed by atoms with Gasteiger partial charge < -0.3 is 25.3 Å². The molecule has 2 aromatic rings. The third-order valence-electron chi connectivity index (χ3n) is 3.64. The van der Waals surface area contributed by atoms with Crippen LogP contribution >= 0.6 is 12.4 Å². The second kappa shape index (κ2) is 9.15. The lowest BCUT2D eigenvalue weighted by atomic mass is 10.1. The second-order valence-electron chi connectivity index (χ2n) is 5.27. The normalized spacial score (nSPS) is 11.1. The van der Waals surface area contributed by atoms with Crippen molar-refractivity contribution in [1.82, 2.24) is 0 Å². The molecule has 136 valence electrons. The minimum absolute atomic E-state index is 0. The van der Waals surface area contributed by atoms with Gasteiger partial charge in [0.2, 0.25) is 0 Å². The zero-order valence-corrected chi connectivity index (χ0v) is 15.5. The first kappa shape index (κ1) is 20.6. The van der Waals surface area contributed by atoms with E-state index in [4.69, 9.17) is 19.9 Å². The van der Waals surface area contributed by atoms with Crippen LogP contribution in [0.25, 0.3) is 0 Å². The van der Waals surface area contributed by atoms with E-state index >= 15 is 0 Å². The highest BCUT2D eigenvalue weighted by molar-refractivity contribution is 6.06. The van der Waals surface area contributed by atoms with Gasteiger partial charge in [-0.25, -0.2) is 0 Å². The Bertz CT molecular complexity index is 718. The SMILES string of the molecule is COc1cc(OC)c(C(=O)Nc2ccc(C(C)N)cc2)cc1OC.Cl. The van der Waals surface area contributed by atoms with Crippen LogP contribution in [0, 0.1) is 0 Å². The number of anilines is 1. The summed E-state index contributed by atoms with van der Waals surface area (Å²) in [5, 5.41) is 2.83. The Kier molecular flexibility index (Phi) is 7.54. The van der Waals surface area contributed by atoms with Crippen LogP contribution in [0.3, 0.4) is 0 Å². The van der Waals surface area contributed by atoms with Crippen molar-refractivity contribution in [2.75, 3.05) is 26.6 Å². The van der Waals surface area contributed by atoms with Crippen LogP contribution in [0.4, 0.5) is 5.69 Å². The maximum Gasteiger partial charge on any atom is 0.259 e. The molecule has 0 aliphatic carbocycles. The summed E-state index contributed by atoms with van der Waals surface area (Å²) in [6.45, 7) is 1.90. The topological polar surface area (TPSA) is 82.8 Å². The Morgan fingerprint density at radius 2 is 1.48 bits per heavy atom. The molecule has 0 radical (unpaired) electrons. The van der Waals surface area contributed by atoms with Crippen LogP contribution in [0.1, 0.15) is 28.9 Å². The Hall–Kier alpha value is -2.44. The molecule has 2 rings (SSSR count). The molecule has 0 fully saturated rings. The van der Waals surface area contributed by atoms with Crippen LogP contribution in [0.2, 0.25) is 0 Å². The maximum atomic E-state index is 12.6. The quantitative estimate of drug-likeness (QED) is 0.818. The Morgan fingerprint density at radius 1 is 0.960 bits per heavy atom. The molecule has 0 saturated carbocycles. The molecule has 0 bridgehead atoms. The fraction of sp³-hybridized carbons (Fsp3) is 0.278. The van der Waals surface area contributed by atoms with Crippen molar-refractivity contribution in [1.29, 1.82) is 0 Å². The van der Waals surface area contributed by atoms with Crippen molar-refractivity contribution in [3.8, 4) is 17.2 Å². The highest BCUT2D eigenvalue weighted by atomic mass is 35.5. The number of carbonyl (C=O) groups is 1. The molecule has 2 aromatic carbocycles. The number of ether oxygens (including phenoxy) is 3. The average Bonchev–Trinajstić information content (AvgIpc) is 2.60. The van der Waals surface area contributed by atoms with E-state index in [0.717, 1.165) is 5.56 Å². The van der Waals surface area contributed by atoms with Gasteiger partial charge >= 0.3 is 0 Å². The standard InChI is InChI=1S/C18H22N2O4.ClH/c1-11(19)12-5-7-13(8-6-12)20-18(21)14-9-16(23-3)17(24-4)10-15(14)22-2;/h5-11H,19H2,1-4H3,(H,20,21);1H. The number of nitrogens with two attached hydrogens (primary N) is 1. The Morgan fingerprint density at radius 3 is 1.96 bits per heavy atom. The first-order valence-corrected chi connectivity index (χ1v) is 7.47. The maximum absolute atomic E-state index is 12.6. The number of amides is 1. The van der Waals surface area contributed by atoms with E-state index in [9.17, 15) is 4.79 Å². The van der Waals surface area contributed by atoms with Gasteiger partial charge in [0.15, 0.2) is 11.5 Å². The van der Waals surface area contributed by atoms with Gasteiger partial charge in [0.1, 0.15) is 5.75 Å². The molecule has 0 aliphatic rings. The fourth-order valence-electron chi connectivity index (χ4n) is 2.28. The van der Waals surface area contributed by atoms with E-state index in [2.05, 4.69) is 5.32 Å². The van der Waals surface area contributed by atoms with Crippen molar-refractivity contribution >= 4 is 24.0 Å². The molecular formula is C18H23ClN2O4. The smallest absolute Gasteiger partial charge is 0.259 e. The molecule has 0 aromatic heterocycles. The van der Waals surface area contributed by atoms with E-state index < -0.39 is 0 Å². The molecule has 25 heavy (non-hydrogen) atoms. The summed E-state index contributed by atoms with van der Waals surface area (Å²) in [4.78, 5) is 12.6. The number of methoxy groups -OCH3 is 3. The fourth-order valence-corrected chi connectivity index (χ4v) is 2.28. The molecule has 6 nitrogen and oxygen atoms in total. The van der Waals surface area contributed by atoms with Gasteiger partial charge in [-0.05, 0) is 24.6 Å². The van der Waals surface area contributed by atoms with Crippen molar-refractivity contribution in [2.45, 2.75) is 13.0 Å². The van der Waals surface area contributed by atoms with Crippen LogP contribution in [-0.2, 0) is 0 Å². The lowest BCUT2D eigenvalue weighted by Crippen LogP contribution is -2.14. The van der Waals surface area contributed by atoms with Crippen LogP contribution in [0.15, 0.2) is 36.4 Å². The second-order valence-corrected chi connectivity index (χ2v) is 5.27. The van der Waals surface area contributed by atoms with Gasteiger partial charge in [-0.15, -0.1) is 12.4 Å². The zero-order chi connectivity index (χ0) is 17.7. The summed E-state index contributed by atoms with van der Waals surface area (Å²) < 4.78 is 15.7. The summed E-state index contributed by atoms with van der Waals surface area (Å²) in [7, 11) is 4.53. The molecule has 1 unspecified atom stereocenters. The van der Waals surface area contributed by atoms with Crippen molar-refractivity contribution < 1.29 is 19.0 Å². The number of benzene rings is 2. The average molecular weight is 367 g/mol. The van der Waals surface area contributed by atoms with E-state index in [0.29, 0.717) is 28.5 Å². The third-order valence-corrected chi connectivity index (χ3v) is 3.64. The minimum atomic E-state index is -0.304.